The number of rotatable bonds is 4. The molecule has 4 nitrogen and oxygen atoms in total. The fourth-order valence-corrected chi connectivity index (χ4v) is 6.57. The van der Waals surface area contributed by atoms with Gasteiger partial charge in [0.1, 0.15) is 11.2 Å². The SMILES string of the molecule is C1=CC(c2cc(-c3ccccc3)nc(-n3c4ccccc4c4cc(-c5cccc6c5oc5ccccc56)ccc43)n2)=CCC1. The highest BCUT2D eigenvalue weighted by molar-refractivity contribution is 6.13. The van der Waals surface area contributed by atoms with E-state index in [9.17, 15) is 0 Å². The van der Waals surface area contributed by atoms with Gasteiger partial charge in [0, 0.05) is 32.7 Å². The van der Waals surface area contributed by atoms with Crippen LogP contribution < -0.4 is 0 Å². The van der Waals surface area contributed by atoms with Crippen LogP contribution in [0.5, 0.6) is 0 Å². The first-order chi connectivity index (χ1) is 21.8. The quantitative estimate of drug-likeness (QED) is 0.213. The van der Waals surface area contributed by atoms with Gasteiger partial charge < -0.3 is 4.42 Å². The largest absolute Gasteiger partial charge is 0.455 e. The smallest absolute Gasteiger partial charge is 0.235 e. The summed E-state index contributed by atoms with van der Waals surface area (Å²) < 4.78 is 8.61. The van der Waals surface area contributed by atoms with Crippen LogP contribution in [0.2, 0.25) is 0 Å². The molecular weight excluding hydrogens is 538 g/mol. The minimum Gasteiger partial charge on any atom is -0.455 e. The topological polar surface area (TPSA) is 43.9 Å². The third kappa shape index (κ3) is 3.92. The van der Waals surface area contributed by atoms with Crippen LogP contribution in [0.3, 0.4) is 0 Å². The lowest BCUT2D eigenvalue weighted by atomic mass is 10.0. The summed E-state index contributed by atoms with van der Waals surface area (Å²) in [6.45, 7) is 0. The molecule has 44 heavy (non-hydrogen) atoms. The van der Waals surface area contributed by atoms with E-state index < -0.39 is 0 Å². The predicted molar refractivity (Wildman–Crippen MR) is 181 cm³/mol. The van der Waals surface area contributed by atoms with Gasteiger partial charge in [-0.25, -0.2) is 9.97 Å². The van der Waals surface area contributed by atoms with Crippen LogP contribution in [0.1, 0.15) is 18.5 Å². The molecule has 3 aromatic heterocycles. The third-order valence-electron chi connectivity index (χ3n) is 8.66. The molecule has 4 heteroatoms. The van der Waals surface area contributed by atoms with E-state index in [0.29, 0.717) is 5.95 Å². The van der Waals surface area contributed by atoms with Gasteiger partial charge in [-0.05, 0) is 54.3 Å². The molecule has 3 heterocycles. The maximum atomic E-state index is 6.40. The second-order valence-electron chi connectivity index (χ2n) is 11.3. The number of hydrogen-bond donors (Lipinski definition) is 0. The summed E-state index contributed by atoms with van der Waals surface area (Å²) in [5.74, 6) is 0.666. The minimum absolute atomic E-state index is 0.666. The molecule has 208 valence electrons. The molecule has 5 aromatic carbocycles. The van der Waals surface area contributed by atoms with E-state index in [2.05, 4.69) is 126 Å². The highest BCUT2D eigenvalue weighted by Crippen LogP contribution is 2.39. The standard InChI is InChI=1S/C40H27N3O/c1-3-12-26(13-4-1)34-25-35(27-14-5-2-6-15-27)42-40(41-34)43-36-20-9-7-16-30(36)33-24-28(22-23-37(33)43)29-18-11-19-32-31-17-8-10-21-38(31)44-39(29)32/h1,3-5,7-25H,2,6H2. The summed E-state index contributed by atoms with van der Waals surface area (Å²) in [6.07, 6.45) is 8.76. The van der Waals surface area contributed by atoms with Gasteiger partial charge in [-0.1, -0.05) is 109 Å². The van der Waals surface area contributed by atoms with Gasteiger partial charge in [-0.3, -0.25) is 4.57 Å². The second kappa shape index (κ2) is 9.92. The zero-order valence-electron chi connectivity index (χ0n) is 23.9. The Morgan fingerprint density at radius 1 is 0.568 bits per heavy atom. The number of hydrogen-bond acceptors (Lipinski definition) is 3. The van der Waals surface area contributed by atoms with Crippen molar-refractivity contribution in [3.05, 3.63) is 145 Å². The Labute approximate surface area is 254 Å². The highest BCUT2D eigenvalue weighted by Gasteiger charge is 2.19. The lowest BCUT2D eigenvalue weighted by Gasteiger charge is -2.13. The number of nitrogens with zero attached hydrogens (tertiary/aromatic N) is 3. The van der Waals surface area contributed by atoms with Gasteiger partial charge in [0.15, 0.2) is 0 Å². The van der Waals surface area contributed by atoms with Crippen molar-refractivity contribution >= 4 is 49.3 Å². The van der Waals surface area contributed by atoms with E-state index in [0.717, 1.165) is 90.2 Å². The normalized spacial score (nSPS) is 13.3. The first kappa shape index (κ1) is 24.8. The fraction of sp³-hybridized carbons (Fsp3) is 0.0500. The Bertz CT molecular complexity index is 2440. The molecule has 0 amide bonds. The van der Waals surface area contributed by atoms with Crippen molar-refractivity contribution in [2.45, 2.75) is 12.8 Å². The lowest BCUT2D eigenvalue weighted by Crippen LogP contribution is -2.05. The summed E-state index contributed by atoms with van der Waals surface area (Å²) in [7, 11) is 0. The van der Waals surface area contributed by atoms with Crippen molar-refractivity contribution in [2.75, 3.05) is 0 Å². The van der Waals surface area contributed by atoms with Crippen molar-refractivity contribution in [1.29, 1.82) is 0 Å². The summed E-state index contributed by atoms with van der Waals surface area (Å²) in [4.78, 5) is 10.4. The predicted octanol–water partition coefficient (Wildman–Crippen LogP) is 10.5. The molecule has 0 radical (unpaired) electrons. The van der Waals surface area contributed by atoms with Crippen LogP contribution in [0, 0.1) is 0 Å². The molecule has 0 fully saturated rings. The van der Waals surface area contributed by atoms with E-state index in [1.54, 1.807) is 0 Å². The Balaban J connectivity index is 1.29. The molecule has 8 aromatic rings. The van der Waals surface area contributed by atoms with E-state index >= 15 is 0 Å². The number of para-hydroxylation sites is 3. The monoisotopic (exact) mass is 565 g/mol. The van der Waals surface area contributed by atoms with Crippen molar-refractivity contribution in [3.63, 3.8) is 0 Å². The second-order valence-corrected chi connectivity index (χ2v) is 11.3. The molecule has 0 bridgehead atoms. The molecule has 0 atom stereocenters. The van der Waals surface area contributed by atoms with Crippen LogP contribution in [0.25, 0.3) is 77.7 Å². The van der Waals surface area contributed by atoms with Crippen molar-refractivity contribution in [3.8, 4) is 28.3 Å². The summed E-state index contributed by atoms with van der Waals surface area (Å²) >= 11 is 0. The lowest BCUT2D eigenvalue weighted by molar-refractivity contribution is 0.670. The van der Waals surface area contributed by atoms with E-state index in [-0.39, 0.29) is 0 Å². The van der Waals surface area contributed by atoms with Gasteiger partial charge in [-0.15, -0.1) is 0 Å². The van der Waals surface area contributed by atoms with Crippen molar-refractivity contribution < 1.29 is 4.42 Å². The number of aromatic nitrogens is 3. The maximum Gasteiger partial charge on any atom is 0.235 e. The van der Waals surface area contributed by atoms with E-state index in [1.807, 2.05) is 18.2 Å². The Kier molecular flexibility index (Phi) is 5.60. The molecule has 0 spiro atoms. The van der Waals surface area contributed by atoms with Gasteiger partial charge in [0.2, 0.25) is 5.95 Å². The number of fused-ring (bicyclic) bond motifs is 6. The van der Waals surface area contributed by atoms with Crippen molar-refractivity contribution in [1.82, 2.24) is 14.5 Å². The van der Waals surface area contributed by atoms with Gasteiger partial charge >= 0.3 is 0 Å². The number of allylic oxidation sites excluding steroid dienone is 4. The Morgan fingerprint density at radius 3 is 2.23 bits per heavy atom. The molecule has 1 aliphatic carbocycles. The molecule has 0 saturated heterocycles. The molecule has 0 aliphatic heterocycles. The summed E-state index contributed by atoms with van der Waals surface area (Å²) in [5.41, 5.74) is 10.2. The van der Waals surface area contributed by atoms with Gasteiger partial charge in [0.25, 0.3) is 0 Å². The first-order valence-electron chi connectivity index (χ1n) is 15.1. The highest BCUT2D eigenvalue weighted by atomic mass is 16.3. The average molecular weight is 566 g/mol. The maximum absolute atomic E-state index is 6.40. The van der Waals surface area contributed by atoms with E-state index in [1.165, 1.54) is 0 Å². The Hall–Kier alpha value is -5.74. The van der Waals surface area contributed by atoms with Crippen LogP contribution in [0.15, 0.2) is 144 Å². The van der Waals surface area contributed by atoms with Crippen LogP contribution in [-0.2, 0) is 0 Å². The number of furan rings is 1. The summed E-state index contributed by atoms with van der Waals surface area (Å²) in [6, 6.07) is 42.3. The zero-order valence-corrected chi connectivity index (χ0v) is 23.9. The van der Waals surface area contributed by atoms with Gasteiger partial charge in [0.05, 0.1) is 22.4 Å². The third-order valence-corrected chi connectivity index (χ3v) is 8.66. The van der Waals surface area contributed by atoms with Crippen LogP contribution in [-0.4, -0.2) is 14.5 Å². The number of benzene rings is 5. The molecule has 0 N–H and O–H groups in total. The average Bonchev–Trinajstić information content (AvgIpc) is 3.64. The molecule has 0 unspecified atom stereocenters. The van der Waals surface area contributed by atoms with Crippen LogP contribution in [0.4, 0.5) is 0 Å². The molecule has 0 saturated carbocycles. The van der Waals surface area contributed by atoms with Crippen LogP contribution >= 0.6 is 0 Å². The van der Waals surface area contributed by atoms with E-state index in [4.69, 9.17) is 14.4 Å². The molecule has 1 aliphatic rings. The Morgan fingerprint density at radius 2 is 1.34 bits per heavy atom. The van der Waals surface area contributed by atoms with Gasteiger partial charge in [-0.2, -0.15) is 0 Å². The minimum atomic E-state index is 0.666. The molecular formula is C40H27N3O. The zero-order chi connectivity index (χ0) is 29.0. The van der Waals surface area contributed by atoms with Crippen molar-refractivity contribution in [2.24, 2.45) is 0 Å². The fourth-order valence-electron chi connectivity index (χ4n) is 6.57. The molecule has 9 rings (SSSR count). The summed E-state index contributed by atoms with van der Waals surface area (Å²) in [5, 5.41) is 4.58. The first-order valence-corrected chi connectivity index (χ1v) is 15.1.